The highest BCUT2D eigenvalue weighted by molar-refractivity contribution is 4.83. The van der Waals surface area contributed by atoms with Gasteiger partial charge in [-0.15, -0.1) is 0 Å². The van der Waals surface area contributed by atoms with Gasteiger partial charge < -0.3 is 10.1 Å². The number of ether oxygens (including phenoxy) is 1. The second-order valence-electron chi connectivity index (χ2n) is 5.01. The third-order valence-electron chi connectivity index (χ3n) is 3.71. The van der Waals surface area contributed by atoms with Crippen LogP contribution < -0.4 is 5.32 Å². The Bertz CT molecular complexity index is 194. The van der Waals surface area contributed by atoms with Gasteiger partial charge in [0, 0.05) is 32.3 Å². The van der Waals surface area contributed by atoms with Crippen LogP contribution in [-0.4, -0.2) is 49.8 Å². The van der Waals surface area contributed by atoms with Crippen molar-refractivity contribution in [3.63, 3.8) is 0 Å². The number of hydrogen-bond donors (Lipinski definition) is 1. The van der Waals surface area contributed by atoms with E-state index in [1.54, 1.807) is 0 Å². The quantitative estimate of drug-likeness (QED) is 0.717. The van der Waals surface area contributed by atoms with Gasteiger partial charge in [-0.05, 0) is 39.2 Å². The van der Waals surface area contributed by atoms with Crippen molar-refractivity contribution in [1.29, 1.82) is 0 Å². The lowest BCUT2D eigenvalue weighted by Gasteiger charge is -2.24. The fourth-order valence-electron chi connectivity index (χ4n) is 2.31. The lowest BCUT2D eigenvalue weighted by Crippen LogP contribution is -2.34. The average molecular weight is 212 g/mol. The van der Waals surface area contributed by atoms with Crippen LogP contribution in [0.25, 0.3) is 0 Å². The Labute approximate surface area is 93.2 Å². The second-order valence-corrected chi connectivity index (χ2v) is 5.01. The molecule has 15 heavy (non-hydrogen) atoms. The van der Waals surface area contributed by atoms with Crippen LogP contribution in [0, 0.1) is 0 Å². The molecule has 0 aromatic carbocycles. The van der Waals surface area contributed by atoms with Crippen LogP contribution in [-0.2, 0) is 4.74 Å². The molecular weight excluding hydrogens is 188 g/mol. The molecule has 3 nitrogen and oxygen atoms in total. The summed E-state index contributed by atoms with van der Waals surface area (Å²) in [6, 6.07) is 1.55. The molecule has 0 spiro atoms. The third-order valence-corrected chi connectivity index (χ3v) is 3.71. The minimum atomic E-state index is 0.476. The first-order valence-corrected chi connectivity index (χ1v) is 6.30. The van der Waals surface area contributed by atoms with Gasteiger partial charge in [0.2, 0.25) is 0 Å². The predicted octanol–water partition coefficient (Wildman–Crippen LogP) is 1.24. The molecule has 0 radical (unpaired) electrons. The largest absolute Gasteiger partial charge is 0.380 e. The van der Waals surface area contributed by atoms with Gasteiger partial charge in [0.25, 0.3) is 0 Å². The van der Waals surface area contributed by atoms with Crippen molar-refractivity contribution in [2.45, 2.75) is 50.8 Å². The molecule has 2 fully saturated rings. The molecule has 0 amide bonds. The maximum absolute atomic E-state index is 5.39. The highest BCUT2D eigenvalue weighted by atomic mass is 16.5. The highest BCUT2D eigenvalue weighted by Crippen LogP contribution is 2.19. The van der Waals surface area contributed by atoms with Crippen LogP contribution in [0.2, 0.25) is 0 Å². The zero-order valence-electron chi connectivity index (χ0n) is 10.0. The maximum Gasteiger partial charge on any atom is 0.0710 e. The molecular formula is C12H24N2O. The first kappa shape index (κ1) is 11.4. The van der Waals surface area contributed by atoms with Crippen molar-refractivity contribution in [1.82, 2.24) is 10.2 Å². The van der Waals surface area contributed by atoms with Crippen LogP contribution in [0.4, 0.5) is 0 Å². The Kier molecular flexibility index (Phi) is 4.00. The predicted molar refractivity (Wildman–Crippen MR) is 62.1 cm³/mol. The van der Waals surface area contributed by atoms with Crippen LogP contribution in [0.3, 0.4) is 0 Å². The SMILES string of the molecule is COC1CCN(C(C)CCNC2CC2)C1. The lowest BCUT2D eigenvalue weighted by atomic mass is 10.2. The Morgan fingerprint density at radius 3 is 2.80 bits per heavy atom. The summed E-state index contributed by atoms with van der Waals surface area (Å²) in [6.07, 6.45) is 5.74. The van der Waals surface area contributed by atoms with Crippen molar-refractivity contribution in [3.8, 4) is 0 Å². The maximum atomic E-state index is 5.39. The van der Waals surface area contributed by atoms with Crippen molar-refractivity contribution < 1.29 is 4.74 Å². The van der Waals surface area contributed by atoms with Gasteiger partial charge in [-0.25, -0.2) is 0 Å². The van der Waals surface area contributed by atoms with Gasteiger partial charge in [-0.3, -0.25) is 4.90 Å². The van der Waals surface area contributed by atoms with E-state index >= 15 is 0 Å². The molecule has 2 rings (SSSR count). The highest BCUT2D eigenvalue weighted by Gasteiger charge is 2.26. The summed E-state index contributed by atoms with van der Waals surface area (Å²) in [4.78, 5) is 2.56. The van der Waals surface area contributed by atoms with Crippen LogP contribution in [0.1, 0.15) is 32.6 Å². The molecule has 1 heterocycles. The lowest BCUT2D eigenvalue weighted by molar-refractivity contribution is 0.101. The van der Waals surface area contributed by atoms with Crippen LogP contribution in [0.5, 0.6) is 0 Å². The zero-order chi connectivity index (χ0) is 10.7. The fourth-order valence-corrected chi connectivity index (χ4v) is 2.31. The number of hydrogen-bond acceptors (Lipinski definition) is 3. The van der Waals surface area contributed by atoms with Gasteiger partial charge in [-0.1, -0.05) is 0 Å². The van der Waals surface area contributed by atoms with E-state index in [9.17, 15) is 0 Å². The Morgan fingerprint density at radius 2 is 2.20 bits per heavy atom. The summed E-state index contributed by atoms with van der Waals surface area (Å²) in [5.41, 5.74) is 0. The van der Waals surface area contributed by atoms with E-state index in [0.29, 0.717) is 12.1 Å². The molecule has 2 atom stereocenters. The summed E-state index contributed by atoms with van der Waals surface area (Å²) < 4.78 is 5.39. The number of likely N-dealkylation sites (tertiary alicyclic amines) is 1. The van der Waals surface area contributed by atoms with Crippen molar-refractivity contribution >= 4 is 0 Å². The van der Waals surface area contributed by atoms with E-state index < -0.39 is 0 Å². The van der Waals surface area contributed by atoms with Gasteiger partial charge >= 0.3 is 0 Å². The van der Waals surface area contributed by atoms with E-state index in [1.807, 2.05) is 7.11 Å². The number of rotatable bonds is 6. The van der Waals surface area contributed by atoms with Crippen molar-refractivity contribution in [2.24, 2.45) is 0 Å². The molecule has 2 aliphatic rings. The van der Waals surface area contributed by atoms with E-state index in [-0.39, 0.29) is 0 Å². The van der Waals surface area contributed by atoms with Gasteiger partial charge in [0.1, 0.15) is 0 Å². The molecule has 3 heteroatoms. The summed E-state index contributed by atoms with van der Waals surface area (Å²) in [6.45, 7) is 5.86. The van der Waals surface area contributed by atoms with Gasteiger partial charge in [0.15, 0.2) is 0 Å². The molecule has 0 aromatic heterocycles. The normalized spacial score (nSPS) is 29.6. The third kappa shape index (κ3) is 3.44. The molecule has 2 unspecified atom stereocenters. The minimum absolute atomic E-state index is 0.476. The molecule has 0 bridgehead atoms. The standard InChI is InChI=1S/C12H24N2O/c1-10(5-7-13-11-3-4-11)14-8-6-12(9-14)15-2/h10-13H,3-9H2,1-2H3. The van der Waals surface area contributed by atoms with E-state index in [0.717, 1.165) is 12.6 Å². The summed E-state index contributed by atoms with van der Waals surface area (Å²) in [5.74, 6) is 0. The molecule has 1 aliphatic carbocycles. The van der Waals surface area contributed by atoms with Crippen LogP contribution >= 0.6 is 0 Å². The van der Waals surface area contributed by atoms with Crippen molar-refractivity contribution in [3.05, 3.63) is 0 Å². The molecule has 1 saturated heterocycles. The van der Waals surface area contributed by atoms with E-state index in [2.05, 4.69) is 17.1 Å². The van der Waals surface area contributed by atoms with Gasteiger partial charge in [-0.2, -0.15) is 0 Å². The summed E-state index contributed by atoms with van der Waals surface area (Å²) in [5, 5.41) is 3.58. The molecule has 88 valence electrons. The molecule has 0 aromatic rings. The molecule has 1 aliphatic heterocycles. The number of nitrogens with one attached hydrogen (secondary N) is 1. The van der Waals surface area contributed by atoms with Gasteiger partial charge in [0.05, 0.1) is 6.10 Å². The summed E-state index contributed by atoms with van der Waals surface area (Å²) in [7, 11) is 1.83. The molecule has 1 saturated carbocycles. The molecule has 1 N–H and O–H groups in total. The zero-order valence-corrected chi connectivity index (χ0v) is 10.0. The number of methoxy groups -OCH3 is 1. The fraction of sp³-hybridized carbons (Fsp3) is 1.00. The topological polar surface area (TPSA) is 24.5 Å². The van der Waals surface area contributed by atoms with E-state index in [4.69, 9.17) is 4.74 Å². The monoisotopic (exact) mass is 212 g/mol. The minimum Gasteiger partial charge on any atom is -0.380 e. The van der Waals surface area contributed by atoms with E-state index in [1.165, 1.54) is 38.8 Å². The van der Waals surface area contributed by atoms with Crippen LogP contribution in [0.15, 0.2) is 0 Å². The number of nitrogens with zero attached hydrogens (tertiary/aromatic N) is 1. The Hall–Kier alpha value is -0.120. The Morgan fingerprint density at radius 1 is 1.40 bits per heavy atom. The smallest absolute Gasteiger partial charge is 0.0710 e. The first-order chi connectivity index (χ1) is 7.29. The van der Waals surface area contributed by atoms with Crippen molar-refractivity contribution in [2.75, 3.05) is 26.7 Å². The second kappa shape index (κ2) is 5.28. The average Bonchev–Trinajstić information content (AvgIpc) is 2.94. The summed E-state index contributed by atoms with van der Waals surface area (Å²) >= 11 is 0. The first-order valence-electron chi connectivity index (χ1n) is 6.30. The Balaban J connectivity index is 1.60.